The number of carbonyl (C=O) groups is 1. The number of rotatable bonds is 8. The van der Waals surface area contributed by atoms with E-state index < -0.39 is 14.2 Å². The number of amides is 1. The Morgan fingerprint density at radius 3 is 2.62 bits per heavy atom. The first-order valence-corrected chi connectivity index (χ1v) is 15.8. The van der Waals surface area contributed by atoms with Crippen molar-refractivity contribution >= 4 is 42.9 Å². The molecule has 1 aromatic carbocycles. The summed E-state index contributed by atoms with van der Waals surface area (Å²) in [4.78, 5) is 16.0. The first kappa shape index (κ1) is 26.6. The zero-order valence-corrected chi connectivity index (χ0v) is 23.8. The first-order valence-electron chi connectivity index (χ1n) is 11.7. The lowest BCUT2D eigenvalue weighted by Crippen LogP contribution is -2.43. The lowest BCUT2D eigenvalue weighted by molar-refractivity contribution is 0.0789. The van der Waals surface area contributed by atoms with Gasteiger partial charge in [-0.1, -0.05) is 91.9 Å². The summed E-state index contributed by atoms with van der Waals surface area (Å²) in [5.74, 6) is 0.137. The Kier molecular flexibility index (Phi) is 8.75. The highest BCUT2D eigenvalue weighted by Gasteiger charge is 2.43. The van der Waals surface area contributed by atoms with Gasteiger partial charge in [-0.25, -0.2) is 4.98 Å². The molecule has 0 saturated carbocycles. The molecule has 0 spiro atoms. The van der Waals surface area contributed by atoms with Crippen molar-refractivity contribution in [3.8, 4) is 0 Å². The van der Waals surface area contributed by atoms with Gasteiger partial charge in [0.05, 0.1) is 6.20 Å². The van der Waals surface area contributed by atoms with Gasteiger partial charge in [0.1, 0.15) is 6.10 Å². The second-order valence-corrected chi connectivity index (χ2v) is 15.8. The monoisotopic (exact) mass is 590 g/mol. The average molecular weight is 591 g/mol. The number of allylic oxidation sites excluding steroid dienone is 4. The number of aryl methyl sites for hydroxylation is 1. The molecule has 1 aliphatic rings. The lowest BCUT2D eigenvalue weighted by atomic mass is 9.80. The molecule has 1 aliphatic carbocycles. The maximum absolute atomic E-state index is 11.6. The minimum Gasteiger partial charge on any atom is -0.433 e. The van der Waals surface area contributed by atoms with Crippen LogP contribution in [0.3, 0.4) is 0 Å². The molecule has 7 heteroatoms. The Morgan fingerprint density at radius 1 is 1.24 bits per heavy atom. The summed E-state index contributed by atoms with van der Waals surface area (Å²) in [5.41, 5.74) is 9.34. The van der Waals surface area contributed by atoms with E-state index in [0.29, 0.717) is 5.89 Å². The molecule has 5 nitrogen and oxygen atoms in total. The van der Waals surface area contributed by atoms with Crippen molar-refractivity contribution in [2.45, 2.75) is 64.3 Å². The van der Waals surface area contributed by atoms with E-state index in [9.17, 15) is 4.79 Å². The zero-order valence-electron chi connectivity index (χ0n) is 20.7. The maximum atomic E-state index is 11.6. The molecule has 3 rings (SSSR count). The van der Waals surface area contributed by atoms with Crippen molar-refractivity contribution in [2.75, 3.05) is 0 Å². The van der Waals surface area contributed by atoms with E-state index in [-0.39, 0.29) is 22.8 Å². The third kappa shape index (κ3) is 6.58. The van der Waals surface area contributed by atoms with Crippen LogP contribution in [0.2, 0.25) is 18.1 Å². The van der Waals surface area contributed by atoms with E-state index in [1.54, 1.807) is 0 Å². The average Bonchev–Trinajstić information content (AvgIpc) is 3.27. The number of nitrogens with two attached hydrogens (primary N) is 1. The van der Waals surface area contributed by atoms with Gasteiger partial charge in [0.15, 0.2) is 8.32 Å². The fourth-order valence-electron chi connectivity index (χ4n) is 3.88. The number of nitrogens with zero attached hydrogens (tertiary/aromatic N) is 1. The maximum Gasteiger partial charge on any atom is 0.286 e. The highest BCUT2D eigenvalue weighted by atomic mass is 127. The summed E-state index contributed by atoms with van der Waals surface area (Å²) < 4.78 is 14.6. The zero-order chi connectivity index (χ0) is 24.9. The molecule has 34 heavy (non-hydrogen) atoms. The molecule has 182 valence electrons. The van der Waals surface area contributed by atoms with Crippen LogP contribution in [0.5, 0.6) is 0 Å². The van der Waals surface area contributed by atoms with E-state index in [4.69, 9.17) is 14.6 Å². The number of fused-ring (bicyclic) bond motifs is 1. The number of carbonyl (C=O) groups excluding carboxylic acids is 1. The number of hydrogen-bond acceptors (Lipinski definition) is 4. The second-order valence-electron chi connectivity index (χ2n) is 10.3. The third-order valence-corrected chi connectivity index (χ3v) is 11.7. The molecule has 2 N–H and O–H groups in total. The molecule has 0 fully saturated rings. The topological polar surface area (TPSA) is 78.4 Å². The third-order valence-electron chi connectivity index (χ3n) is 6.86. The SMILES string of the molecule is CC(C)(C)[Si](C)(C)OC(c1ncc(C(N)=O)o1)C1CCc2cc(/C=C/C=C\C=C/I)ccc2C1. The van der Waals surface area contributed by atoms with Crippen LogP contribution in [-0.4, -0.2) is 19.2 Å². The largest absolute Gasteiger partial charge is 0.433 e. The van der Waals surface area contributed by atoms with E-state index in [1.807, 2.05) is 22.3 Å². The Morgan fingerprint density at radius 2 is 1.97 bits per heavy atom. The number of halogens is 1. The molecule has 2 unspecified atom stereocenters. The highest BCUT2D eigenvalue weighted by molar-refractivity contribution is 14.1. The predicted octanol–water partition coefficient (Wildman–Crippen LogP) is 7.16. The highest BCUT2D eigenvalue weighted by Crippen LogP contribution is 2.44. The Balaban J connectivity index is 1.85. The van der Waals surface area contributed by atoms with Crippen molar-refractivity contribution in [3.63, 3.8) is 0 Å². The molecule has 0 aliphatic heterocycles. The summed E-state index contributed by atoms with van der Waals surface area (Å²) >= 11 is 2.21. The van der Waals surface area contributed by atoms with Gasteiger partial charge in [-0.05, 0) is 64.1 Å². The second kappa shape index (κ2) is 11.2. The minimum absolute atomic E-state index is 0.0408. The number of hydrogen-bond donors (Lipinski definition) is 1. The predicted molar refractivity (Wildman–Crippen MR) is 149 cm³/mol. The van der Waals surface area contributed by atoms with Crippen LogP contribution < -0.4 is 5.73 Å². The molecule has 2 atom stereocenters. The van der Waals surface area contributed by atoms with Crippen molar-refractivity contribution < 1.29 is 13.6 Å². The van der Waals surface area contributed by atoms with E-state index in [0.717, 1.165) is 19.3 Å². The van der Waals surface area contributed by atoms with Crippen LogP contribution in [0, 0.1) is 5.92 Å². The lowest BCUT2D eigenvalue weighted by Gasteiger charge is -2.41. The van der Waals surface area contributed by atoms with Gasteiger partial charge in [-0.2, -0.15) is 0 Å². The fourth-order valence-corrected chi connectivity index (χ4v) is 5.40. The molecular formula is C27H35IN2O3Si. The molecule has 1 amide bonds. The van der Waals surface area contributed by atoms with Gasteiger partial charge in [0, 0.05) is 0 Å². The summed E-state index contributed by atoms with van der Waals surface area (Å²) in [6.07, 6.45) is 14.2. The number of aromatic nitrogens is 1. The van der Waals surface area contributed by atoms with E-state index >= 15 is 0 Å². The summed E-state index contributed by atoms with van der Waals surface area (Å²) in [7, 11) is -2.11. The molecular weight excluding hydrogens is 555 g/mol. The van der Waals surface area contributed by atoms with Gasteiger partial charge in [-0.3, -0.25) is 4.79 Å². The van der Waals surface area contributed by atoms with Crippen molar-refractivity contribution in [2.24, 2.45) is 11.7 Å². The van der Waals surface area contributed by atoms with Gasteiger partial charge in [0.25, 0.3) is 5.91 Å². The molecule has 1 aromatic heterocycles. The van der Waals surface area contributed by atoms with Crippen LogP contribution in [0.15, 0.2) is 57.2 Å². The van der Waals surface area contributed by atoms with Gasteiger partial charge >= 0.3 is 0 Å². The molecule has 1 heterocycles. The summed E-state index contributed by atoms with van der Waals surface area (Å²) in [5, 5.41) is 0.0408. The van der Waals surface area contributed by atoms with Crippen LogP contribution in [0.1, 0.15) is 66.4 Å². The van der Waals surface area contributed by atoms with Crippen LogP contribution >= 0.6 is 22.6 Å². The van der Waals surface area contributed by atoms with Crippen molar-refractivity contribution in [1.29, 1.82) is 0 Å². The molecule has 0 radical (unpaired) electrons. The molecule has 0 bridgehead atoms. The van der Waals surface area contributed by atoms with Crippen molar-refractivity contribution in [1.82, 2.24) is 4.98 Å². The Labute approximate surface area is 217 Å². The Bertz CT molecular complexity index is 1100. The number of benzene rings is 1. The molecule has 0 saturated heterocycles. The van der Waals surface area contributed by atoms with Crippen LogP contribution in [0.25, 0.3) is 6.08 Å². The normalized spacial score (nSPS) is 18.1. The summed E-state index contributed by atoms with van der Waals surface area (Å²) in [6, 6.07) is 6.67. The van der Waals surface area contributed by atoms with Gasteiger partial charge in [-0.15, -0.1) is 0 Å². The fraction of sp³-hybridized carbons (Fsp3) is 0.407. The van der Waals surface area contributed by atoms with E-state index in [2.05, 4.69) is 91.8 Å². The first-order chi connectivity index (χ1) is 16.0. The van der Waals surface area contributed by atoms with E-state index in [1.165, 1.54) is 22.9 Å². The summed E-state index contributed by atoms with van der Waals surface area (Å²) in [6.45, 7) is 11.1. The smallest absolute Gasteiger partial charge is 0.286 e. The minimum atomic E-state index is -2.11. The quantitative estimate of drug-likeness (QED) is 0.201. The Hall–Kier alpha value is -1.97. The van der Waals surface area contributed by atoms with Crippen LogP contribution in [0.4, 0.5) is 0 Å². The number of oxazole rings is 1. The standard InChI is InChI=1S/C27H35IN2O3Si/c1-27(2,3)34(4,5)33-24(26-30-18-23(32-26)25(29)31)22-14-13-20-16-19(11-12-21(20)17-22)10-8-6-7-9-15-28/h6-12,15-16,18,22,24H,13-14,17H2,1-5H3,(H2,29,31)/b7-6-,10-8+,15-9-. The van der Waals surface area contributed by atoms with Gasteiger partial charge in [0.2, 0.25) is 11.7 Å². The van der Waals surface area contributed by atoms with Crippen LogP contribution in [-0.2, 0) is 17.3 Å². The van der Waals surface area contributed by atoms with Gasteiger partial charge < -0.3 is 14.6 Å². The van der Waals surface area contributed by atoms with Crippen molar-refractivity contribution in [3.05, 3.63) is 81.1 Å². The molecule has 2 aromatic rings. The number of primary amides is 1.